The minimum atomic E-state index is -0.817. The molecule has 2 aliphatic carbocycles. The number of rotatable bonds is 9. The summed E-state index contributed by atoms with van der Waals surface area (Å²) in [6.07, 6.45) is 1.15. The Labute approximate surface area is 192 Å². The second kappa shape index (κ2) is 10.5. The van der Waals surface area contributed by atoms with E-state index in [1.807, 2.05) is 24.3 Å². The van der Waals surface area contributed by atoms with Gasteiger partial charge < -0.3 is 25.2 Å². The van der Waals surface area contributed by atoms with E-state index in [0.29, 0.717) is 19.3 Å². The van der Waals surface area contributed by atoms with Crippen LogP contribution in [0.25, 0.3) is 11.1 Å². The van der Waals surface area contributed by atoms with Crippen molar-refractivity contribution in [3.05, 3.63) is 59.7 Å². The number of carboxylic acid groups (broad SMARTS) is 1. The van der Waals surface area contributed by atoms with Gasteiger partial charge in [-0.05, 0) is 41.5 Å². The summed E-state index contributed by atoms with van der Waals surface area (Å²) >= 11 is 0. The van der Waals surface area contributed by atoms with E-state index in [2.05, 4.69) is 34.9 Å². The Morgan fingerprint density at radius 2 is 1.64 bits per heavy atom. The van der Waals surface area contributed by atoms with Gasteiger partial charge in [-0.2, -0.15) is 0 Å². The molecule has 2 aliphatic rings. The number of carbonyl (C=O) groups excluding carboxylic acids is 2. The number of amides is 2. The Morgan fingerprint density at radius 1 is 0.970 bits per heavy atom. The lowest BCUT2D eigenvalue weighted by Crippen LogP contribution is -2.36. The molecule has 2 unspecified atom stereocenters. The fraction of sp³-hybridized carbons (Fsp3) is 0.400. The zero-order valence-electron chi connectivity index (χ0n) is 18.3. The molecule has 8 heteroatoms. The van der Waals surface area contributed by atoms with Gasteiger partial charge in [0.15, 0.2) is 0 Å². The minimum Gasteiger partial charge on any atom is -0.481 e. The molecule has 0 saturated heterocycles. The summed E-state index contributed by atoms with van der Waals surface area (Å²) in [5, 5.41) is 14.4. The first kappa shape index (κ1) is 22.8. The molecule has 3 N–H and O–H groups in total. The molecule has 2 atom stereocenters. The summed E-state index contributed by atoms with van der Waals surface area (Å²) < 4.78 is 10.8. The average molecular weight is 453 g/mol. The maximum absolute atomic E-state index is 12.1. The van der Waals surface area contributed by atoms with Crippen molar-refractivity contribution < 1.29 is 29.0 Å². The van der Waals surface area contributed by atoms with Crippen LogP contribution in [-0.2, 0) is 19.1 Å². The largest absolute Gasteiger partial charge is 0.481 e. The Hall–Kier alpha value is -3.39. The summed E-state index contributed by atoms with van der Waals surface area (Å²) in [6.45, 7) is 0.483. The van der Waals surface area contributed by atoms with Crippen LogP contribution in [0.5, 0.6) is 0 Å². The van der Waals surface area contributed by atoms with Gasteiger partial charge in [0.25, 0.3) is 0 Å². The Kier molecular flexibility index (Phi) is 7.24. The standard InChI is InChI=1S/C25H28N2O6/c28-23(27-17-10-9-16(13-17)24(29)30)15-32-12-11-26-25(31)33-14-22-20-7-3-1-5-18(20)19-6-2-4-8-21(19)22/h1-8,16-17,22H,9-15H2,(H,26,31)(H,27,28)(H,29,30). The third kappa shape index (κ3) is 5.51. The zero-order valence-corrected chi connectivity index (χ0v) is 18.3. The van der Waals surface area contributed by atoms with Gasteiger partial charge in [0.05, 0.1) is 12.5 Å². The molecular weight excluding hydrogens is 424 g/mol. The molecule has 2 aromatic carbocycles. The van der Waals surface area contributed by atoms with E-state index >= 15 is 0 Å². The number of fused-ring (bicyclic) bond motifs is 3. The highest BCUT2D eigenvalue weighted by molar-refractivity contribution is 5.79. The van der Waals surface area contributed by atoms with Gasteiger partial charge >= 0.3 is 12.1 Å². The molecule has 2 amide bonds. The molecule has 33 heavy (non-hydrogen) atoms. The van der Waals surface area contributed by atoms with Crippen LogP contribution in [0, 0.1) is 5.92 Å². The van der Waals surface area contributed by atoms with Crippen LogP contribution in [-0.4, -0.2) is 55.5 Å². The van der Waals surface area contributed by atoms with Gasteiger partial charge in [0.1, 0.15) is 13.2 Å². The number of hydrogen-bond donors (Lipinski definition) is 3. The van der Waals surface area contributed by atoms with E-state index in [1.54, 1.807) is 0 Å². The molecule has 2 aromatic rings. The van der Waals surface area contributed by atoms with Gasteiger partial charge in [0.2, 0.25) is 5.91 Å². The lowest BCUT2D eigenvalue weighted by molar-refractivity contribution is -0.141. The summed E-state index contributed by atoms with van der Waals surface area (Å²) in [5.74, 6) is -1.49. The van der Waals surface area contributed by atoms with Crippen molar-refractivity contribution in [2.75, 3.05) is 26.4 Å². The molecule has 1 fully saturated rings. The van der Waals surface area contributed by atoms with Gasteiger partial charge in [-0.1, -0.05) is 48.5 Å². The Morgan fingerprint density at radius 3 is 2.27 bits per heavy atom. The molecule has 0 bridgehead atoms. The van der Waals surface area contributed by atoms with E-state index in [1.165, 1.54) is 11.1 Å². The Bertz CT molecular complexity index is 978. The lowest BCUT2D eigenvalue weighted by Gasteiger charge is -2.15. The van der Waals surface area contributed by atoms with Gasteiger partial charge in [-0.25, -0.2) is 4.79 Å². The number of benzene rings is 2. The van der Waals surface area contributed by atoms with Crippen LogP contribution in [0.4, 0.5) is 4.79 Å². The number of carboxylic acids is 1. The molecular formula is C25H28N2O6. The number of alkyl carbamates (subject to hydrolysis) is 1. The van der Waals surface area contributed by atoms with Gasteiger partial charge in [-0.3, -0.25) is 9.59 Å². The molecule has 0 aliphatic heterocycles. The molecule has 4 rings (SSSR count). The molecule has 1 saturated carbocycles. The van der Waals surface area contributed by atoms with Crippen molar-refractivity contribution in [1.82, 2.24) is 10.6 Å². The number of ether oxygens (including phenoxy) is 2. The van der Waals surface area contributed by atoms with Crippen molar-refractivity contribution in [1.29, 1.82) is 0 Å². The monoisotopic (exact) mass is 452 g/mol. The maximum atomic E-state index is 12.1. The fourth-order valence-electron chi connectivity index (χ4n) is 4.65. The van der Waals surface area contributed by atoms with Gasteiger partial charge in [0, 0.05) is 18.5 Å². The predicted molar refractivity (Wildman–Crippen MR) is 121 cm³/mol. The van der Waals surface area contributed by atoms with E-state index in [-0.39, 0.29) is 44.2 Å². The van der Waals surface area contributed by atoms with Crippen molar-refractivity contribution >= 4 is 18.0 Å². The summed E-state index contributed by atoms with van der Waals surface area (Å²) in [4.78, 5) is 35.0. The number of hydrogen-bond acceptors (Lipinski definition) is 5. The second-order valence-corrected chi connectivity index (χ2v) is 8.42. The third-order valence-corrected chi connectivity index (χ3v) is 6.24. The quantitative estimate of drug-likeness (QED) is 0.504. The topological polar surface area (TPSA) is 114 Å². The average Bonchev–Trinajstić information content (AvgIpc) is 3.40. The lowest BCUT2D eigenvalue weighted by atomic mass is 9.98. The maximum Gasteiger partial charge on any atom is 0.407 e. The SMILES string of the molecule is O=C(COCCNC(=O)OCC1c2ccccc2-c2ccccc21)NC1CCC(C(=O)O)C1. The van der Waals surface area contributed by atoms with Crippen molar-refractivity contribution in [3.63, 3.8) is 0 Å². The number of aliphatic carboxylic acids is 1. The van der Waals surface area contributed by atoms with Gasteiger partial charge in [-0.15, -0.1) is 0 Å². The first-order valence-corrected chi connectivity index (χ1v) is 11.2. The highest BCUT2D eigenvalue weighted by atomic mass is 16.5. The van der Waals surface area contributed by atoms with E-state index < -0.39 is 18.0 Å². The molecule has 8 nitrogen and oxygen atoms in total. The predicted octanol–water partition coefficient (Wildman–Crippen LogP) is 2.91. The minimum absolute atomic E-state index is 0.000548. The molecule has 174 valence electrons. The second-order valence-electron chi connectivity index (χ2n) is 8.42. The van der Waals surface area contributed by atoms with E-state index in [0.717, 1.165) is 11.1 Å². The number of nitrogens with one attached hydrogen (secondary N) is 2. The highest BCUT2D eigenvalue weighted by Crippen LogP contribution is 2.44. The third-order valence-electron chi connectivity index (χ3n) is 6.24. The van der Waals surface area contributed by atoms with Crippen LogP contribution in [0.3, 0.4) is 0 Å². The first-order chi connectivity index (χ1) is 16.0. The van der Waals surface area contributed by atoms with Crippen LogP contribution < -0.4 is 10.6 Å². The highest BCUT2D eigenvalue weighted by Gasteiger charge is 2.31. The first-order valence-electron chi connectivity index (χ1n) is 11.2. The van der Waals surface area contributed by atoms with E-state index in [4.69, 9.17) is 14.6 Å². The van der Waals surface area contributed by atoms with Crippen LogP contribution in [0.15, 0.2) is 48.5 Å². The Balaban J connectivity index is 1.13. The fourth-order valence-corrected chi connectivity index (χ4v) is 4.65. The van der Waals surface area contributed by atoms with Crippen LogP contribution >= 0.6 is 0 Å². The van der Waals surface area contributed by atoms with Crippen molar-refractivity contribution in [2.24, 2.45) is 5.92 Å². The summed E-state index contributed by atoms with van der Waals surface area (Å²) in [6, 6.07) is 16.2. The van der Waals surface area contributed by atoms with E-state index in [9.17, 15) is 14.4 Å². The summed E-state index contributed by atoms with van der Waals surface area (Å²) in [5.41, 5.74) is 4.64. The molecule has 0 spiro atoms. The number of carbonyl (C=O) groups is 3. The van der Waals surface area contributed by atoms with Crippen molar-refractivity contribution in [3.8, 4) is 11.1 Å². The molecule has 0 radical (unpaired) electrons. The summed E-state index contributed by atoms with van der Waals surface area (Å²) in [7, 11) is 0. The zero-order chi connectivity index (χ0) is 23.2. The molecule has 0 aromatic heterocycles. The van der Waals surface area contributed by atoms with Crippen LogP contribution in [0.1, 0.15) is 36.3 Å². The smallest absolute Gasteiger partial charge is 0.407 e. The molecule has 0 heterocycles. The van der Waals surface area contributed by atoms with Crippen LogP contribution in [0.2, 0.25) is 0 Å². The normalized spacial score (nSPS) is 18.9. The van der Waals surface area contributed by atoms with Crippen molar-refractivity contribution in [2.45, 2.75) is 31.2 Å².